The van der Waals surface area contributed by atoms with Crippen molar-refractivity contribution in [2.24, 2.45) is 46.3 Å². The SMILES string of the molecule is CC(=O)NC[C@H](C)CCC1=C(C)[C@@H]2[C@H](C[C@@H]3[C@@H]4CC=C5C[C@H](OC(=O)CCC(C)C)CC[C@]5(C)[C@@H]4CC[C@@]32C)O1. The van der Waals surface area contributed by atoms with E-state index >= 15 is 0 Å². The minimum absolute atomic E-state index is 0.00695. The Bertz CT molecular complexity index is 1040. The van der Waals surface area contributed by atoms with Crippen LogP contribution >= 0.6 is 0 Å². The molecule has 0 aromatic rings. The summed E-state index contributed by atoms with van der Waals surface area (Å²) < 4.78 is 12.7. The number of fused-ring (bicyclic) bond motifs is 7. The highest BCUT2D eigenvalue weighted by atomic mass is 16.5. The third-order valence-electron chi connectivity index (χ3n) is 12.1. The van der Waals surface area contributed by atoms with E-state index in [0.717, 1.165) is 62.8 Å². The standard InChI is InChI=1S/C35H55NO4/c1-21(2)8-13-32(38)39-26-14-16-34(6)25(18-26)10-11-27-28(34)15-17-35(7)29(27)19-31-33(35)23(4)30(40-31)12-9-22(3)20-36-24(5)37/h10,21-22,26-29,31,33H,8-9,11-20H2,1-7H3,(H,36,37)/t22-,26-,27-,28-,29-,31+,33-,34+,35+/m1/s1. The van der Waals surface area contributed by atoms with E-state index < -0.39 is 0 Å². The van der Waals surface area contributed by atoms with Crippen LogP contribution in [0.25, 0.3) is 0 Å². The molecule has 0 aromatic heterocycles. The highest BCUT2D eigenvalue weighted by Gasteiger charge is 2.63. The van der Waals surface area contributed by atoms with Crippen molar-refractivity contribution in [2.45, 2.75) is 131 Å². The fraction of sp³-hybridized carbons (Fsp3) is 0.829. The molecule has 5 heteroatoms. The maximum absolute atomic E-state index is 12.4. The number of rotatable bonds is 9. The smallest absolute Gasteiger partial charge is 0.306 e. The van der Waals surface area contributed by atoms with Crippen molar-refractivity contribution in [2.75, 3.05) is 6.54 Å². The molecule has 0 aromatic carbocycles. The monoisotopic (exact) mass is 553 g/mol. The molecule has 224 valence electrons. The van der Waals surface area contributed by atoms with Gasteiger partial charge in [-0.25, -0.2) is 0 Å². The third-order valence-corrected chi connectivity index (χ3v) is 12.1. The number of carbonyl (C=O) groups is 2. The fourth-order valence-electron chi connectivity index (χ4n) is 9.76. The summed E-state index contributed by atoms with van der Waals surface area (Å²) >= 11 is 0. The maximum Gasteiger partial charge on any atom is 0.306 e. The number of esters is 1. The molecule has 1 N–H and O–H groups in total. The Morgan fingerprint density at radius 1 is 1.12 bits per heavy atom. The van der Waals surface area contributed by atoms with Crippen LogP contribution in [0.4, 0.5) is 0 Å². The normalized spacial score (nSPS) is 39.0. The summed E-state index contributed by atoms with van der Waals surface area (Å²) in [4.78, 5) is 23.7. The number of hydrogen-bond donors (Lipinski definition) is 1. The molecule has 4 aliphatic carbocycles. The van der Waals surface area contributed by atoms with Crippen molar-refractivity contribution < 1.29 is 19.1 Å². The van der Waals surface area contributed by atoms with Crippen LogP contribution < -0.4 is 5.32 Å². The maximum atomic E-state index is 12.4. The van der Waals surface area contributed by atoms with E-state index in [-0.39, 0.29) is 23.4 Å². The highest BCUT2D eigenvalue weighted by Crippen LogP contribution is 2.69. The first-order valence-electron chi connectivity index (χ1n) is 16.4. The summed E-state index contributed by atoms with van der Waals surface area (Å²) in [6, 6.07) is 0. The quantitative estimate of drug-likeness (QED) is 0.234. The number of allylic oxidation sites excluding steroid dienone is 2. The van der Waals surface area contributed by atoms with E-state index in [4.69, 9.17) is 9.47 Å². The molecular weight excluding hydrogens is 498 g/mol. The van der Waals surface area contributed by atoms with Gasteiger partial charge in [0.2, 0.25) is 5.91 Å². The zero-order chi connectivity index (χ0) is 28.8. The number of nitrogens with one attached hydrogen (secondary N) is 1. The first kappa shape index (κ1) is 29.7. The van der Waals surface area contributed by atoms with Gasteiger partial charge in [-0.2, -0.15) is 0 Å². The first-order chi connectivity index (χ1) is 18.9. The second-order valence-corrected chi connectivity index (χ2v) is 15.1. The lowest BCUT2D eigenvalue weighted by molar-refractivity contribution is -0.151. The summed E-state index contributed by atoms with van der Waals surface area (Å²) in [6.45, 7) is 16.3. The Balaban J connectivity index is 1.23. The average molecular weight is 554 g/mol. The molecule has 40 heavy (non-hydrogen) atoms. The van der Waals surface area contributed by atoms with Gasteiger partial charge in [0.1, 0.15) is 12.2 Å². The Kier molecular flexibility index (Phi) is 8.52. The van der Waals surface area contributed by atoms with E-state index in [1.807, 2.05) is 0 Å². The summed E-state index contributed by atoms with van der Waals surface area (Å²) in [5.74, 6) is 5.02. The van der Waals surface area contributed by atoms with Crippen LogP contribution in [0.3, 0.4) is 0 Å². The lowest BCUT2D eigenvalue weighted by atomic mass is 9.47. The Hall–Kier alpha value is -1.78. The minimum Gasteiger partial charge on any atom is -0.494 e. The van der Waals surface area contributed by atoms with Gasteiger partial charge in [-0.15, -0.1) is 0 Å². The van der Waals surface area contributed by atoms with Gasteiger partial charge in [0, 0.05) is 38.6 Å². The second kappa shape index (κ2) is 11.5. The zero-order valence-corrected chi connectivity index (χ0v) is 26.3. The second-order valence-electron chi connectivity index (χ2n) is 15.1. The van der Waals surface area contributed by atoms with Crippen LogP contribution in [-0.2, 0) is 19.1 Å². The molecule has 0 unspecified atom stereocenters. The van der Waals surface area contributed by atoms with E-state index in [1.165, 1.54) is 37.0 Å². The Morgan fingerprint density at radius 2 is 1.90 bits per heavy atom. The zero-order valence-electron chi connectivity index (χ0n) is 26.3. The van der Waals surface area contributed by atoms with Crippen molar-refractivity contribution >= 4 is 11.9 Å². The molecule has 0 saturated heterocycles. The van der Waals surface area contributed by atoms with Crippen LogP contribution in [0.2, 0.25) is 0 Å². The van der Waals surface area contributed by atoms with Gasteiger partial charge in [-0.1, -0.05) is 46.3 Å². The van der Waals surface area contributed by atoms with Crippen LogP contribution in [0.15, 0.2) is 23.0 Å². The van der Waals surface area contributed by atoms with Crippen LogP contribution in [0.1, 0.15) is 119 Å². The van der Waals surface area contributed by atoms with E-state index in [9.17, 15) is 9.59 Å². The van der Waals surface area contributed by atoms with Gasteiger partial charge in [0.05, 0.1) is 5.76 Å². The minimum atomic E-state index is -0.00695. The van der Waals surface area contributed by atoms with Gasteiger partial charge in [0.25, 0.3) is 0 Å². The molecule has 0 bridgehead atoms. The van der Waals surface area contributed by atoms with E-state index in [0.29, 0.717) is 35.7 Å². The summed E-state index contributed by atoms with van der Waals surface area (Å²) in [5, 5.41) is 2.96. The molecule has 1 heterocycles. The van der Waals surface area contributed by atoms with Crippen LogP contribution in [-0.4, -0.2) is 30.6 Å². The van der Waals surface area contributed by atoms with E-state index in [2.05, 4.69) is 52.9 Å². The number of ether oxygens (including phenoxy) is 2. The molecule has 5 nitrogen and oxygen atoms in total. The molecular formula is C35H55NO4. The molecule has 3 saturated carbocycles. The van der Waals surface area contributed by atoms with Crippen molar-refractivity contribution in [3.8, 4) is 0 Å². The summed E-state index contributed by atoms with van der Waals surface area (Å²) in [6.07, 6.45) is 14.5. The molecule has 0 radical (unpaired) electrons. The van der Waals surface area contributed by atoms with Gasteiger partial charge in [0.15, 0.2) is 0 Å². The molecule has 5 rings (SSSR count). The highest BCUT2D eigenvalue weighted by molar-refractivity contribution is 5.72. The topological polar surface area (TPSA) is 64.6 Å². The lowest BCUT2D eigenvalue weighted by Crippen LogP contribution is -2.50. The summed E-state index contributed by atoms with van der Waals surface area (Å²) in [7, 11) is 0. The number of hydrogen-bond acceptors (Lipinski definition) is 4. The van der Waals surface area contributed by atoms with Gasteiger partial charge >= 0.3 is 5.97 Å². The summed E-state index contributed by atoms with van der Waals surface area (Å²) in [5.41, 5.74) is 3.67. The third kappa shape index (κ3) is 5.52. The number of carbonyl (C=O) groups excluding carboxylic acids is 2. The van der Waals surface area contributed by atoms with Crippen molar-refractivity contribution in [3.05, 3.63) is 23.0 Å². The predicted octanol–water partition coefficient (Wildman–Crippen LogP) is 7.75. The van der Waals surface area contributed by atoms with Crippen LogP contribution in [0.5, 0.6) is 0 Å². The van der Waals surface area contributed by atoms with Crippen molar-refractivity contribution in [1.29, 1.82) is 0 Å². The van der Waals surface area contributed by atoms with Gasteiger partial charge in [-0.05, 0) is 104 Å². The van der Waals surface area contributed by atoms with Crippen molar-refractivity contribution in [3.63, 3.8) is 0 Å². The Morgan fingerprint density at radius 3 is 2.62 bits per heavy atom. The molecule has 5 aliphatic rings. The predicted molar refractivity (Wildman–Crippen MR) is 159 cm³/mol. The van der Waals surface area contributed by atoms with Gasteiger partial charge in [-0.3, -0.25) is 9.59 Å². The van der Waals surface area contributed by atoms with E-state index in [1.54, 1.807) is 12.5 Å². The average Bonchev–Trinajstić information content (AvgIpc) is 3.38. The molecule has 9 atom stereocenters. The molecule has 1 aliphatic heterocycles. The fourth-order valence-corrected chi connectivity index (χ4v) is 9.76. The molecule has 3 fully saturated rings. The Labute approximate surface area is 243 Å². The number of amides is 1. The van der Waals surface area contributed by atoms with Crippen molar-refractivity contribution in [1.82, 2.24) is 5.32 Å². The molecule has 1 amide bonds. The first-order valence-corrected chi connectivity index (χ1v) is 16.4. The molecule has 0 spiro atoms. The van der Waals surface area contributed by atoms with Gasteiger partial charge < -0.3 is 14.8 Å². The van der Waals surface area contributed by atoms with Crippen LogP contribution in [0, 0.1) is 46.3 Å². The largest absolute Gasteiger partial charge is 0.494 e. The lowest BCUT2D eigenvalue weighted by Gasteiger charge is -2.58.